The van der Waals surface area contributed by atoms with E-state index in [9.17, 15) is 4.79 Å². The van der Waals surface area contributed by atoms with Gasteiger partial charge in [-0.3, -0.25) is 9.78 Å². The Morgan fingerprint density at radius 2 is 2.27 bits per heavy atom. The minimum Gasteiger partial charge on any atom is -0.458 e. The van der Waals surface area contributed by atoms with Crippen molar-refractivity contribution in [3.63, 3.8) is 0 Å². The van der Waals surface area contributed by atoms with E-state index in [1.54, 1.807) is 0 Å². The van der Waals surface area contributed by atoms with Crippen LogP contribution in [0, 0.1) is 23.7 Å². The van der Waals surface area contributed by atoms with Crippen LogP contribution in [0.3, 0.4) is 0 Å². The fourth-order valence-corrected chi connectivity index (χ4v) is 6.15. The first-order valence-electron chi connectivity index (χ1n) is 8.53. The molecule has 2 bridgehead atoms. The van der Waals surface area contributed by atoms with Crippen LogP contribution in [0.25, 0.3) is 0 Å². The Morgan fingerprint density at radius 1 is 1.36 bits per heavy atom. The highest BCUT2D eigenvalue weighted by Gasteiger charge is 2.67. The molecule has 0 amide bonds. The van der Waals surface area contributed by atoms with Crippen LogP contribution in [-0.2, 0) is 16.0 Å². The smallest absolute Gasteiger partial charge is 0.310 e. The largest absolute Gasteiger partial charge is 0.458 e. The van der Waals surface area contributed by atoms with E-state index in [0.717, 1.165) is 19.3 Å². The molecule has 22 heavy (non-hydrogen) atoms. The number of pyridine rings is 1. The first-order chi connectivity index (χ1) is 10.7. The van der Waals surface area contributed by atoms with Gasteiger partial charge in [0.2, 0.25) is 0 Å². The second-order valence-corrected chi connectivity index (χ2v) is 7.52. The van der Waals surface area contributed by atoms with Gasteiger partial charge in [-0.2, -0.15) is 0 Å². The van der Waals surface area contributed by atoms with Crippen LogP contribution in [0.4, 0.5) is 0 Å². The first kappa shape index (κ1) is 12.9. The van der Waals surface area contributed by atoms with Gasteiger partial charge in [-0.05, 0) is 48.8 Å². The van der Waals surface area contributed by atoms with Gasteiger partial charge >= 0.3 is 5.97 Å². The van der Waals surface area contributed by atoms with Crippen LogP contribution in [0.2, 0.25) is 0 Å². The number of aromatic nitrogens is 1. The summed E-state index contributed by atoms with van der Waals surface area (Å²) in [6.45, 7) is 4.01. The zero-order valence-corrected chi connectivity index (χ0v) is 12.7. The highest BCUT2D eigenvalue weighted by Crippen LogP contribution is 2.65. The second kappa shape index (κ2) is 4.21. The molecule has 114 valence electrons. The summed E-state index contributed by atoms with van der Waals surface area (Å²) in [6, 6.07) is 2.14. The van der Waals surface area contributed by atoms with E-state index in [1.165, 1.54) is 24.0 Å². The van der Waals surface area contributed by atoms with Crippen LogP contribution in [-0.4, -0.2) is 16.6 Å². The standard InChI is InChI=1S/C19H21NO2/c1-2-12-4-6-16-14-5-3-11-10-20-8-7-13(11)17(14)15-9-19(12,16)22-18(15)21/h2,7-8,10,12,14-17H,1,3-6,9H2/t12-,14+,15?,16+,17-,19-/m1/s1. The Bertz CT molecular complexity index is 669. The monoisotopic (exact) mass is 295 g/mol. The van der Waals surface area contributed by atoms with Crippen molar-refractivity contribution in [1.82, 2.24) is 4.98 Å². The van der Waals surface area contributed by atoms with E-state index in [4.69, 9.17) is 4.74 Å². The summed E-state index contributed by atoms with van der Waals surface area (Å²) in [7, 11) is 0. The highest BCUT2D eigenvalue weighted by atomic mass is 16.6. The molecule has 2 saturated carbocycles. The fourth-order valence-electron chi connectivity index (χ4n) is 6.15. The molecule has 0 aromatic carbocycles. The Hall–Kier alpha value is -1.64. The molecule has 1 unspecified atom stereocenters. The summed E-state index contributed by atoms with van der Waals surface area (Å²) in [5.41, 5.74) is 2.48. The van der Waals surface area contributed by atoms with Crippen LogP contribution in [0.15, 0.2) is 31.1 Å². The van der Waals surface area contributed by atoms with Crippen molar-refractivity contribution in [3.8, 4) is 0 Å². The van der Waals surface area contributed by atoms with E-state index in [2.05, 4.69) is 17.6 Å². The SMILES string of the molecule is C=C[C@@H]1CC[C@H]2[C@@H]3CCc4cnccc4[C@H]3C3C[C@@]12OC3=O. The van der Waals surface area contributed by atoms with Gasteiger partial charge in [0.25, 0.3) is 0 Å². The summed E-state index contributed by atoms with van der Waals surface area (Å²) in [5.74, 6) is 1.89. The Kier molecular flexibility index (Phi) is 2.46. The zero-order chi connectivity index (χ0) is 14.9. The van der Waals surface area contributed by atoms with Gasteiger partial charge in [0.15, 0.2) is 0 Å². The maximum atomic E-state index is 12.6. The molecule has 5 rings (SSSR count). The molecule has 3 nitrogen and oxygen atoms in total. The minimum absolute atomic E-state index is 0.0379. The normalized spacial score (nSPS) is 44.7. The lowest BCUT2D eigenvalue weighted by molar-refractivity contribution is -0.154. The summed E-state index contributed by atoms with van der Waals surface area (Å²) in [6.07, 6.45) is 11.4. The van der Waals surface area contributed by atoms with E-state index >= 15 is 0 Å². The van der Waals surface area contributed by atoms with Gasteiger partial charge in [0, 0.05) is 36.6 Å². The van der Waals surface area contributed by atoms with Crippen molar-refractivity contribution in [2.45, 2.75) is 43.6 Å². The van der Waals surface area contributed by atoms with Crippen molar-refractivity contribution in [1.29, 1.82) is 0 Å². The molecular formula is C19H21NO2. The zero-order valence-electron chi connectivity index (χ0n) is 12.7. The molecule has 1 saturated heterocycles. The van der Waals surface area contributed by atoms with Gasteiger partial charge in [0.1, 0.15) is 5.60 Å². The molecule has 0 N–H and O–H groups in total. The van der Waals surface area contributed by atoms with Crippen LogP contribution < -0.4 is 0 Å². The van der Waals surface area contributed by atoms with E-state index in [-0.39, 0.29) is 17.5 Å². The van der Waals surface area contributed by atoms with Crippen LogP contribution in [0.1, 0.15) is 42.7 Å². The Balaban J connectivity index is 1.66. The fraction of sp³-hybridized carbons (Fsp3) is 0.579. The number of ether oxygens (including phenoxy) is 1. The van der Waals surface area contributed by atoms with Crippen molar-refractivity contribution < 1.29 is 9.53 Å². The Morgan fingerprint density at radius 3 is 3.14 bits per heavy atom. The number of nitrogens with zero attached hydrogens (tertiary/aromatic N) is 1. The third-order valence-corrected chi connectivity index (χ3v) is 6.92. The summed E-state index contributed by atoms with van der Waals surface area (Å²) in [5, 5.41) is 0. The summed E-state index contributed by atoms with van der Waals surface area (Å²) < 4.78 is 6.08. The molecule has 3 aliphatic carbocycles. The third kappa shape index (κ3) is 1.38. The quantitative estimate of drug-likeness (QED) is 0.590. The molecule has 1 aliphatic heterocycles. The summed E-state index contributed by atoms with van der Waals surface area (Å²) >= 11 is 0. The predicted molar refractivity (Wildman–Crippen MR) is 82.1 cm³/mol. The first-order valence-corrected chi connectivity index (χ1v) is 8.53. The average molecular weight is 295 g/mol. The highest BCUT2D eigenvalue weighted by molar-refractivity contribution is 5.78. The van der Waals surface area contributed by atoms with Crippen molar-refractivity contribution in [2.24, 2.45) is 23.7 Å². The molecule has 1 spiro atoms. The minimum atomic E-state index is -0.227. The lowest BCUT2D eigenvalue weighted by Crippen LogP contribution is -2.48. The lowest BCUT2D eigenvalue weighted by Gasteiger charge is -2.47. The van der Waals surface area contributed by atoms with Gasteiger partial charge in [-0.15, -0.1) is 6.58 Å². The maximum absolute atomic E-state index is 12.6. The predicted octanol–water partition coefficient (Wildman–Crippen LogP) is 3.26. The number of rotatable bonds is 1. The average Bonchev–Trinajstić information content (AvgIpc) is 3.05. The topological polar surface area (TPSA) is 39.2 Å². The Labute approximate surface area is 130 Å². The molecule has 0 radical (unpaired) electrons. The molecule has 6 atom stereocenters. The molecule has 1 aromatic rings. The maximum Gasteiger partial charge on any atom is 0.310 e. The summed E-state index contributed by atoms with van der Waals surface area (Å²) in [4.78, 5) is 16.9. The van der Waals surface area contributed by atoms with Gasteiger partial charge in [0.05, 0.1) is 5.92 Å². The molecule has 1 aromatic heterocycles. The van der Waals surface area contributed by atoms with Crippen molar-refractivity contribution in [3.05, 3.63) is 42.2 Å². The lowest BCUT2D eigenvalue weighted by atomic mass is 9.56. The number of aryl methyl sites for hydroxylation is 1. The number of hydrogen-bond donors (Lipinski definition) is 0. The number of esters is 1. The van der Waals surface area contributed by atoms with E-state index in [0.29, 0.717) is 23.7 Å². The molecule has 3 heteroatoms. The third-order valence-electron chi connectivity index (χ3n) is 6.92. The molecule has 3 fully saturated rings. The van der Waals surface area contributed by atoms with Gasteiger partial charge in [-0.25, -0.2) is 0 Å². The van der Waals surface area contributed by atoms with E-state index < -0.39 is 0 Å². The number of carbonyl (C=O) groups is 1. The van der Waals surface area contributed by atoms with E-state index in [1.807, 2.05) is 18.5 Å². The number of carbonyl (C=O) groups excluding carboxylic acids is 1. The van der Waals surface area contributed by atoms with Crippen LogP contribution in [0.5, 0.6) is 0 Å². The second-order valence-electron chi connectivity index (χ2n) is 7.52. The number of fused-ring (bicyclic) bond motifs is 6. The van der Waals surface area contributed by atoms with Crippen LogP contribution >= 0.6 is 0 Å². The van der Waals surface area contributed by atoms with Gasteiger partial charge in [-0.1, -0.05) is 6.08 Å². The molecule has 4 aliphatic rings. The number of hydrogen-bond acceptors (Lipinski definition) is 3. The molecule has 2 heterocycles. The van der Waals surface area contributed by atoms with Crippen molar-refractivity contribution >= 4 is 5.97 Å². The molecular weight excluding hydrogens is 274 g/mol. The van der Waals surface area contributed by atoms with Crippen molar-refractivity contribution in [2.75, 3.05) is 0 Å². The van der Waals surface area contributed by atoms with Gasteiger partial charge < -0.3 is 4.74 Å².